The number of hydrogen-bond acceptors (Lipinski definition) is 5. The van der Waals surface area contributed by atoms with Gasteiger partial charge in [0.25, 0.3) is 5.91 Å². The third-order valence-electron chi connectivity index (χ3n) is 7.60. The number of ether oxygens (including phenoxy) is 1. The number of nitrogens with one attached hydrogen (secondary N) is 1. The van der Waals surface area contributed by atoms with Crippen LogP contribution < -0.4 is 19.9 Å². The number of nitrogens with zero attached hydrogens (tertiary/aromatic N) is 2. The predicted octanol–water partition coefficient (Wildman–Crippen LogP) is 3.37. The van der Waals surface area contributed by atoms with E-state index in [1.807, 2.05) is 31.2 Å². The van der Waals surface area contributed by atoms with Gasteiger partial charge in [-0.3, -0.25) is 19.7 Å². The van der Waals surface area contributed by atoms with E-state index in [1.54, 1.807) is 48.4 Å². The van der Waals surface area contributed by atoms with Crippen LogP contribution in [-0.4, -0.2) is 30.9 Å². The topological polar surface area (TPSA) is 79.0 Å². The highest BCUT2D eigenvalue weighted by Crippen LogP contribution is 2.55. The molecule has 3 heterocycles. The molecule has 0 unspecified atom stereocenters. The Morgan fingerprint density at radius 2 is 1.64 bits per heavy atom. The van der Waals surface area contributed by atoms with E-state index < -0.39 is 29.3 Å². The number of carbonyl (C=O) groups excluding carboxylic acids is 3. The highest BCUT2D eigenvalue weighted by molar-refractivity contribution is 6.26. The number of para-hydroxylation sites is 1. The van der Waals surface area contributed by atoms with E-state index in [2.05, 4.69) is 5.32 Å². The molecule has 3 aliphatic heterocycles. The lowest BCUT2D eigenvalue weighted by atomic mass is 9.76. The average Bonchev–Trinajstić information content (AvgIpc) is 3.44. The van der Waals surface area contributed by atoms with E-state index in [0.717, 1.165) is 5.56 Å². The van der Waals surface area contributed by atoms with Crippen molar-refractivity contribution in [2.45, 2.75) is 25.0 Å². The molecular formula is C28H24FN3O4. The number of halogens is 1. The summed E-state index contributed by atoms with van der Waals surface area (Å²) < 4.78 is 18.7. The van der Waals surface area contributed by atoms with Gasteiger partial charge in [-0.15, -0.1) is 0 Å². The minimum absolute atomic E-state index is 0.218. The molecule has 0 saturated carbocycles. The van der Waals surface area contributed by atoms with Crippen molar-refractivity contribution >= 4 is 29.1 Å². The first kappa shape index (κ1) is 22.4. The van der Waals surface area contributed by atoms with Crippen LogP contribution in [0.15, 0.2) is 72.8 Å². The minimum atomic E-state index is -1.37. The van der Waals surface area contributed by atoms with Gasteiger partial charge in [-0.05, 0) is 55.0 Å². The smallest absolute Gasteiger partial charge is 0.253 e. The fourth-order valence-electron chi connectivity index (χ4n) is 6.02. The SMILES string of the molecule is COc1ccc(N2C(=O)[C@@H]3[C@@H](C2=O)[C@]2(N[C@@H]3C)C(=O)N(Cc3ccc(F)cc3)c3ccccc32)cc1. The fourth-order valence-corrected chi connectivity index (χ4v) is 6.02. The molecule has 1 spiro atoms. The second kappa shape index (κ2) is 7.99. The molecule has 3 aliphatic rings. The Kier molecular flexibility index (Phi) is 4.98. The van der Waals surface area contributed by atoms with Crippen molar-refractivity contribution in [3.8, 4) is 5.75 Å². The average molecular weight is 486 g/mol. The molecule has 7 nitrogen and oxygen atoms in total. The van der Waals surface area contributed by atoms with Crippen LogP contribution >= 0.6 is 0 Å². The first-order chi connectivity index (χ1) is 17.4. The standard InChI is InChI=1S/C28H24FN3O4/c1-16-23-24(26(34)32(25(23)33)19-11-13-20(36-2)14-12-19)28(30-16)21-5-3-4-6-22(21)31(27(28)35)15-17-7-9-18(29)10-8-17/h3-14,16,23-24,30H,15H2,1-2H3/t16-,23+,24+,28+/m1/s1. The lowest BCUT2D eigenvalue weighted by Crippen LogP contribution is -2.54. The van der Waals surface area contributed by atoms with E-state index in [0.29, 0.717) is 22.7 Å². The number of rotatable bonds is 4. The second-order valence-electron chi connectivity index (χ2n) is 9.49. The van der Waals surface area contributed by atoms with Crippen LogP contribution in [0.5, 0.6) is 5.75 Å². The fraction of sp³-hybridized carbons (Fsp3) is 0.250. The van der Waals surface area contributed by atoms with Gasteiger partial charge in [0, 0.05) is 17.3 Å². The van der Waals surface area contributed by atoms with Crippen molar-refractivity contribution in [3.63, 3.8) is 0 Å². The molecule has 3 aromatic carbocycles. The highest BCUT2D eigenvalue weighted by atomic mass is 19.1. The van der Waals surface area contributed by atoms with E-state index >= 15 is 0 Å². The summed E-state index contributed by atoms with van der Waals surface area (Å²) in [5, 5.41) is 3.37. The predicted molar refractivity (Wildman–Crippen MR) is 131 cm³/mol. The van der Waals surface area contributed by atoms with Gasteiger partial charge in [0.15, 0.2) is 0 Å². The number of amides is 3. The third-order valence-corrected chi connectivity index (χ3v) is 7.60. The summed E-state index contributed by atoms with van der Waals surface area (Å²) in [5.74, 6) is -2.35. The van der Waals surface area contributed by atoms with Crippen molar-refractivity contribution in [1.82, 2.24) is 5.32 Å². The Labute approximate surface area is 207 Å². The first-order valence-electron chi connectivity index (χ1n) is 11.8. The van der Waals surface area contributed by atoms with Crippen LogP contribution in [0.4, 0.5) is 15.8 Å². The zero-order valence-corrected chi connectivity index (χ0v) is 19.8. The molecule has 0 radical (unpaired) electrons. The Morgan fingerprint density at radius 3 is 2.33 bits per heavy atom. The van der Waals surface area contributed by atoms with Gasteiger partial charge < -0.3 is 9.64 Å². The normalized spacial score (nSPS) is 26.6. The Balaban J connectivity index is 1.43. The van der Waals surface area contributed by atoms with Crippen molar-refractivity contribution in [2.24, 2.45) is 11.8 Å². The zero-order valence-electron chi connectivity index (χ0n) is 19.8. The summed E-state index contributed by atoms with van der Waals surface area (Å²) in [6.45, 7) is 2.06. The first-order valence-corrected chi connectivity index (χ1v) is 11.8. The summed E-state index contributed by atoms with van der Waals surface area (Å²) in [6.07, 6.45) is 0. The van der Waals surface area contributed by atoms with Gasteiger partial charge >= 0.3 is 0 Å². The van der Waals surface area contributed by atoms with Gasteiger partial charge in [-0.2, -0.15) is 0 Å². The Morgan fingerprint density at radius 1 is 0.944 bits per heavy atom. The summed E-state index contributed by atoms with van der Waals surface area (Å²) in [7, 11) is 1.55. The molecule has 4 atom stereocenters. The van der Waals surface area contributed by atoms with E-state index in [-0.39, 0.29) is 24.2 Å². The van der Waals surface area contributed by atoms with Gasteiger partial charge in [-0.25, -0.2) is 9.29 Å². The van der Waals surface area contributed by atoms with Crippen molar-refractivity contribution in [1.29, 1.82) is 0 Å². The molecule has 2 fully saturated rings. The van der Waals surface area contributed by atoms with Gasteiger partial charge in [0.2, 0.25) is 11.8 Å². The molecule has 0 aliphatic carbocycles. The Hall–Kier alpha value is -4.04. The monoisotopic (exact) mass is 485 g/mol. The maximum atomic E-state index is 14.2. The lowest BCUT2D eigenvalue weighted by molar-refractivity contribution is -0.132. The quantitative estimate of drug-likeness (QED) is 0.574. The molecule has 8 heteroatoms. The molecule has 2 saturated heterocycles. The summed E-state index contributed by atoms with van der Waals surface area (Å²) in [6, 6.07) is 19.7. The molecule has 36 heavy (non-hydrogen) atoms. The van der Waals surface area contributed by atoms with E-state index in [1.165, 1.54) is 17.0 Å². The van der Waals surface area contributed by atoms with Crippen LogP contribution in [0.3, 0.4) is 0 Å². The number of benzene rings is 3. The van der Waals surface area contributed by atoms with Gasteiger partial charge in [0.1, 0.15) is 17.1 Å². The molecule has 1 N–H and O–H groups in total. The molecule has 6 rings (SSSR count). The van der Waals surface area contributed by atoms with Crippen LogP contribution in [0.1, 0.15) is 18.1 Å². The number of fused-ring (bicyclic) bond motifs is 4. The van der Waals surface area contributed by atoms with Crippen LogP contribution in [0.25, 0.3) is 0 Å². The number of imide groups is 1. The van der Waals surface area contributed by atoms with Crippen molar-refractivity contribution in [2.75, 3.05) is 16.9 Å². The summed E-state index contributed by atoms with van der Waals surface area (Å²) >= 11 is 0. The molecular weight excluding hydrogens is 461 g/mol. The zero-order chi connectivity index (χ0) is 25.2. The second-order valence-corrected chi connectivity index (χ2v) is 9.49. The van der Waals surface area contributed by atoms with Crippen LogP contribution in [-0.2, 0) is 26.5 Å². The largest absolute Gasteiger partial charge is 0.497 e. The van der Waals surface area contributed by atoms with Gasteiger partial charge in [-0.1, -0.05) is 30.3 Å². The molecule has 3 aromatic rings. The van der Waals surface area contributed by atoms with Crippen molar-refractivity contribution < 1.29 is 23.5 Å². The van der Waals surface area contributed by atoms with Crippen LogP contribution in [0, 0.1) is 17.7 Å². The number of methoxy groups -OCH3 is 1. The van der Waals surface area contributed by atoms with E-state index in [9.17, 15) is 18.8 Å². The minimum Gasteiger partial charge on any atom is -0.497 e. The molecule has 0 bridgehead atoms. The molecule has 182 valence electrons. The highest BCUT2D eigenvalue weighted by Gasteiger charge is 2.71. The van der Waals surface area contributed by atoms with Gasteiger partial charge in [0.05, 0.1) is 31.2 Å². The summed E-state index contributed by atoms with van der Waals surface area (Å²) in [5.41, 5.74) is 1.19. The maximum Gasteiger partial charge on any atom is 0.253 e. The third kappa shape index (κ3) is 2.97. The van der Waals surface area contributed by atoms with Crippen LogP contribution in [0.2, 0.25) is 0 Å². The number of carbonyl (C=O) groups is 3. The maximum absolute atomic E-state index is 14.2. The Bertz CT molecular complexity index is 1390. The summed E-state index contributed by atoms with van der Waals surface area (Å²) in [4.78, 5) is 44.6. The van der Waals surface area contributed by atoms with E-state index in [4.69, 9.17) is 4.74 Å². The number of hydrogen-bond donors (Lipinski definition) is 1. The number of anilines is 2. The molecule has 3 amide bonds. The van der Waals surface area contributed by atoms with Crippen molar-refractivity contribution in [3.05, 3.63) is 89.7 Å². The molecule has 0 aromatic heterocycles. The lowest BCUT2D eigenvalue weighted by Gasteiger charge is -2.30.